The van der Waals surface area contributed by atoms with Gasteiger partial charge in [0.25, 0.3) is 10.1 Å². The van der Waals surface area contributed by atoms with E-state index in [1.54, 1.807) is 6.07 Å². The van der Waals surface area contributed by atoms with Crippen molar-refractivity contribution in [3.8, 4) is 0 Å². The fourth-order valence-electron chi connectivity index (χ4n) is 1.99. The van der Waals surface area contributed by atoms with Gasteiger partial charge in [0, 0.05) is 6.42 Å². The van der Waals surface area contributed by atoms with E-state index in [1.807, 2.05) is 0 Å². The van der Waals surface area contributed by atoms with Crippen LogP contribution in [0.5, 0.6) is 0 Å². The molecule has 19 heavy (non-hydrogen) atoms. The molecule has 1 heterocycles. The number of aryl methyl sites for hydroxylation is 1. The van der Waals surface area contributed by atoms with Crippen molar-refractivity contribution >= 4 is 21.2 Å². The smallest absolute Gasteiger partial charge is 0.296 e. The first-order chi connectivity index (χ1) is 9.02. The molecule has 1 aromatic carbocycles. The van der Waals surface area contributed by atoms with E-state index in [0.717, 1.165) is 25.7 Å². The Morgan fingerprint density at radius 3 is 2.74 bits per heavy atom. The van der Waals surface area contributed by atoms with Crippen LogP contribution in [0.2, 0.25) is 0 Å². The molecule has 0 radical (unpaired) electrons. The molecule has 2 rings (SSSR count). The molecule has 1 aromatic heterocycles. The van der Waals surface area contributed by atoms with Gasteiger partial charge in [-0.05, 0) is 18.6 Å². The molecule has 0 fully saturated rings. The Bertz CT molecular complexity index is 660. The van der Waals surface area contributed by atoms with E-state index in [1.165, 1.54) is 12.1 Å². The van der Waals surface area contributed by atoms with Crippen molar-refractivity contribution in [2.24, 2.45) is 0 Å². The standard InChI is InChI=1S/C13H17NO4S/c1-2-3-4-5-9-12-14-13-10(18-12)7-6-8-11(13)19(15,16)17/h6-8H,2-5,9H2,1H3,(H,15,16,17). The van der Waals surface area contributed by atoms with Crippen molar-refractivity contribution in [2.45, 2.75) is 43.9 Å². The van der Waals surface area contributed by atoms with Crippen molar-refractivity contribution in [2.75, 3.05) is 0 Å². The first kappa shape index (κ1) is 14.0. The molecule has 6 heteroatoms. The average Bonchev–Trinajstić information content (AvgIpc) is 2.75. The lowest BCUT2D eigenvalue weighted by Gasteiger charge is -1.95. The molecule has 0 aliphatic rings. The largest absolute Gasteiger partial charge is 0.441 e. The summed E-state index contributed by atoms with van der Waals surface area (Å²) in [4.78, 5) is 3.97. The van der Waals surface area contributed by atoms with Gasteiger partial charge in [0.2, 0.25) is 0 Å². The highest BCUT2D eigenvalue weighted by Gasteiger charge is 2.18. The van der Waals surface area contributed by atoms with E-state index in [2.05, 4.69) is 11.9 Å². The van der Waals surface area contributed by atoms with Crippen LogP contribution in [0, 0.1) is 0 Å². The third kappa shape index (κ3) is 3.33. The summed E-state index contributed by atoms with van der Waals surface area (Å²) in [5.74, 6) is 0.516. The van der Waals surface area contributed by atoms with Crippen LogP contribution in [0.3, 0.4) is 0 Å². The van der Waals surface area contributed by atoms with Gasteiger partial charge < -0.3 is 4.42 Å². The van der Waals surface area contributed by atoms with Gasteiger partial charge in [-0.2, -0.15) is 8.42 Å². The summed E-state index contributed by atoms with van der Waals surface area (Å²) in [6.45, 7) is 2.14. The molecule has 0 bridgehead atoms. The van der Waals surface area contributed by atoms with Crippen molar-refractivity contribution < 1.29 is 17.4 Å². The number of aromatic nitrogens is 1. The topological polar surface area (TPSA) is 80.4 Å². The number of oxazole rings is 1. The summed E-state index contributed by atoms with van der Waals surface area (Å²) in [5, 5.41) is 0. The van der Waals surface area contributed by atoms with Crippen LogP contribution in [0.15, 0.2) is 27.5 Å². The zero-order valence-electron chi connectivity index (χ0n) is 10.8. The monoisotopic (exact) mass is 283 g/mol. The van der Waals surface area contributed by atoms with E-state index in [9.17, 15) is 8.42 Å². The molecular formula is C13H17NO4S. The van der Waals surface area contributed by atoms with Crippen LogP contribution in [-0.2, 0) is 16.5 Å². The van der Waals surface area contributed by atoms with Crippen LogP contribution in [0.1, 0.15) is 38.5 Å². The second-order valence-corrected chi connectivity index (χ2v) is 5.89. The second kappa shape index (κ2) is 5.71. The van der Waals surface area contributed by atoms with Crippen molar-refractivity contribution in [1.29, 1.82) is 0 Å². The lowest BCUT2D eigenvalue weighted by Crippen LogP contribution is -1.98. The van der Waals surface area contributed by atoms with Crippen LogP contribution in [-0.4, -0.2) is 18.0 Å². The lowest BCUT2D eigenvalue weighted by atomic mass is 10.1. The highest BCUT2D eigenvalue weighted by atomic mass is 32.2. The number of para-hydroxylation sites is 1. The molecule has 2 aromatic rings. The maximum Gasteiger partial charge on any atom is 0.296 e. The van der Waals surface area contributed by atoms with Gasteiger partial charge >= 0.3 is 0 Å². The van der Waals surface area contributed by atoms with Gasteiger partial charge in [0.1, 0.15) is 10.4 Å². The van der Waals surface area contributed by atoms with Gasteiger partial charge in [0.05, 0.1) is 0 Å². The number of benzene rings is 1. The number of unbranched alkanes of at least 4 members (excludes halogenated alkanes) is 3. The fourth-order valence-corrected chi connectivity index (χ4v) is 2.63. The zero-order valence-corrected chi connectivity index (χ0v) is 11.6. The molecule has 0 aliphatic carbocycles. The Kier molecular flexibility index (Phi) is 4.21. The molecular weight excluding hydrogens is 266 g/mol. The minimum Gasteiger partial charge on any atom is -0.441 e. The van der Waals surface area contributed by atoms with Gasteiger partial charge in [-0.25, -0.2) is 4.98 Å². The Balaban J connectivity index is 2.26. The Hall–Kier alpha value is -1.40. The van der Waals surface area contributed by atoms with Crippen LogP contribution in [0.4, 0.5) is 0 Å². The molecule has 0 spiro atoms. The molecule has 0 atom stereocenters. The Morgan fingerprint density at radius 2 is 2.05 bits per heavy atom. The first-order valence-electron chi connectivity index (χ1n) is 6.38. The minimum atomic E-state index is -4.27. The predicted molar refractivity (Wildman–Crippen MR) is 71.7 cm³/mol. The number of nitrogens with zero attached hydrogens (tertiary/aromatic N) is 1. The fraction of sp³-hybridized carbons (Fsp3) is 0.462. The molecule has 1 N–H and O–H groups in total. The summed E-state index contributed by atoms with van der Waals surface area (Å²) in [7, 11) is -4.27. The number of rotatable bonds is 6. The minimum absolute atomic E-state index is 0.200. The van der Waals surface area contributed by atoms with E-state index in [4.69, 9.17) is 8.97 Å². The Morgan fingerprint density at radius 1 is 1.26 bits per heavy atom. The van der Waals surface area contributed by atoms with Gasteiger partial charge in [-0.15, -0.1) is 0 Å². The molecule has 0 amide bonds. The maximum atomic E-state index is 11.2. The normalized spacial score (nSPS) is 12.1. The van der Waals surface area contributed by atoms with E-state index < -0.39 is 10.1 Å². The van der Waals surface area contributed by atoms with E-state index in [0.29, 0.717) is 17.9 Å². The lowest BCUT2D eigenvalue weighted by molar-refractivity contribution is 0.484. The predicted octanol–water partition coefficient (Wildman–Crippen LogP) is 3.20. The molecule has 5 nitrogen and oxygen atoms in total. The van der Waals surface area contributed by atoms with Gasteiger partial charge in [-0.1, -0.05) is 32.3 Å². The second-order valence-electron chi connectivity index (χ2n) is 4.50. The molecule has 0 unspecified atom stereocenters. The number of fused-ring (bicyclic) bond motifs is 1. The summed E-state index contributed by atoms with van der Waals surface area (Å²) >= 11 is 0. The Labute approximate surface area is 112 Å². The number of hydrogen-bond acceptors (Lipinski definition) is 4. The van der Waals surface area contributed by atoms with Crippen LogP contribution < -0.4 is 0 Å². The number of hydrogen-bond donors (Lipinski definition) is 1. The van der Waals surface area contributed by atoms with Crippen LogP contribution in [0.25, 0.3) is 11.1 Å². The quantitative estimate of drug-likeness (QED) is 0.650. The molecule has 0 aliphatic heterocycles. The van der Waals surface area contributed by atoms with Gasteiger partial charge in [-0.3, -0.25) is 4.55 Å². The van der Waals surface area contributed by atoms with E-state index >= 15 is 0 Å². The third-order valence-corrected chi connectivity index (χ3v) is 3.83. The third-order valence-electron chi connectivity index (χ3n) is 2.95. The highest BCUT2D eigenvalue weighted by Crippen LogP contribution is 2.24. The molecule has 0 saturated carbocycles. The van der Waals surface area contributed by atoms with Crippen molar-refractivity contribution in [1.82, 2.24) is 4.98 Å². The molecule has 0 saturated heterocycles. The first-order valence-corrected chi connectivity index (χ1v) is 7.82. The van der Waals surface area contributed by atoms with Crippen molar-refractivity contribution in [3.63, 3.8) is 0 Å². The van der Waals surface area contributed by atoms with Gasteiger partial charge in [0.15, 0.2) is 11.5 Å². The van der Waals surface area contributed by atoms with Crippen LogP contribution >= 0.6 is 0 Å². The summed E-state index contributed by atoms with van der Waals surface area (Å²) in [5.41, 5.74) is 0.594. The zero-order chi connectivity index (χ0) is 13.9. The van der Waals surface area contributed by atoms with E-state index in [-0.39, 0.29) is 10.4 Å². The summed E-state index contributed by atoms with van der Waals surface area (Å²) in [6, 6.07) is 4.49. The maximum absolute atomic E-state index is 11.2. The molecule has 104 valence electrons. The van der Waals surface area contributed by atoms with Crippen molar-refractivity contribution in [3.05, 3.63) is 24.1 Å². The summed E-state index contributed by atoms with van der Waals surface area (Å²) in [6.07, 6.45) is 5.05. The highest BCUT2D eigenvalue weighted by molar-refractivity contribution is 7.86. The summed E-state index contributed by atoms with van der Waals surface area (Å²) < 4.78 is 37.1. The SMILES string of the molecule is CCCCCCc1nc2c(S(=O)(=O)O)cccc2o1. The average molecular weight is 283 g/mol.